The Morgan fingerprint density at radius 2 is 1.67 bits per heavy atom. The lowest BCUT2D eigenvalue weighted by Gasteiger charge is -2.14. The average molecular weight is 486 g/mol. The van der Waals surface area contributed by atoms with Crippen molar-refractivity contribution in [2.45, 2.75) is 26.1 Å². The number of ether oxygens (including phenoxy) is 3. The van der Waals surface area contributed by atoms with Gasteiger partial charge in [-0.15, -0.1) is 0 Å². The minimum absolute atomic E-state index is 0.0758. The molecule has 2 aliphatic rings. The first-order valence-electron chi connectivity index (χ1n) is 11.3. The third-order valence-corrected chi connectivity index (χ3v) is 5.95. The summed E-state index contributed by atoms with van der Waals surface area (Å²) in [6, 6.07) is 18.7. The van der Waals surface area contributed by atoms with E-state index in [4.69, 9.17) is 14.2 Å². The molecule has 5 rings (SSSR count). The highest BCUT2D eigenvalue weighted by Gasteiger charge is 2.36. The Labute approximate surface area is 206 Å². The normalized spacial score (nSPS) is 14.4. The van der Waals surface area contributed by atoms with E-state index in [1.807, 2.05) is 30.3 Å². The number of amides is 3. The fourth-order valence-corrected chi connectivity index (χ4v) is 3.99. The van der Waals surface area contributed by atoms with E-state index < -0.39 is 29.8 Å². The maximum absolute atomic E-state index is 12.9. The van der Waals surface area contributed by atoms with E-state index in [1.165, 1.54) is 25.1 Å². The van der Waals surface area contributed by atoms with Gasteiger partial charge in [0, 0.05) is 6.54 Å². The van der Waals surface area contributed by atoms with Crippen LogP contribution >= 0.6 is 0 Å². The summed E-state index contributed by atoms with van der Waals surface area (Å²) >= 11 is 0. The molecule has 2 heterocycles. The number of rotatable bonds is 7. The number of benzene rings is 3. The molecule has 182 valence electrons. The fourth-order valence-electron chi connectivity index (χ4n) is 3.99. The fraction of sp³-hybridized carbons (Fsp3) is 0.185. The predicted molar refractivity (Wildman–Crippen MR) is 126 cm³/mol. The van der Waals surface area contributed by atoms with E-state index in [9.17, 15) is 19.2 Å². The summed E-state index contributed by atoms with van der Waals surface area (Å²) in [5, 5.41) is 2.71. The Balaban J connectivity index is 1.20. The number of hydrogen-bond donors (Lipinski definition) is 1. The smallest absolute Gasteiger partial charge is 0.338 e. The van der Waals surface area contributed by atoms with Crippen LogP contribution < -0.4 is 14.8 Å². The highest BCUT2D eigenvalue weighted by atomic mass is 16.7. The van der Waals surface area contributed by atoms with Gasteiger partial charge < -0.3 is 19.5 Å². The standard InChI is InChI=1S/C27H22N2O7/c1-16(24(30)28-13-18-7-10-22-23(11-18)35-15-34-22)36-27(33)19-8-9-20-21(12-19)26(32)29(25(20)31)14-17-5-3-2-4-6-17/h2-12,16H,13-15H2,1H3,(H,28,30)/t16-/m1/s1. The molecule has 0 aliphatic carbocycles. The third kappa shape index (κ3) is 4.50. The number of esters is 1. The molecule has 3 amide bonds. The quantitative estimate of drug-likeness (QED) is 0.404. The van der Waals surface area contributed by atoms with Gasteiger partial charge in [-0.1, -0.05) is 36.4 Å². The molecule has 0 saturated carbocycles. The van der Waals surface area contributed by atoms with E-state index in [2.05, 4.69) is 5.32 Å². The number of nitrogens with one attached hydrogen (secondary N) is 1. The molecule has 0 spiro atoms. The van der Waals surface area contributed by atoms with Gasteiger partial charge in [0.15, 0.2) is 17.6 Å². The van der Waals surface area contributed by atoms with Gasteiger partial charge in [-0.2, -0.15) is 0 Å². The molecule has 3 aromatic rings. The molecule has 1 N–H and O–H groups in total. The van der Waals surface area contributed by atoms with Crippen molar-refractivity contribution in [3.05, 3.63) is 94.5 Å². The van der Waals surface area contributed by atoms with Gasteiger partial charge in [0.25, 0.3) is 17.7 Å². The van der Waals surface area contributed by atoms with Gasteiger partial charge in [0.1, 0.15) is 0 Å². The highest BCUT2D eigenvalue weighted by molar-refractivity contribution is 6.21. The van der Waals surface area contributed by atoms with Gasteiger partial charge >= 0.3 is 5.97 Å². The Kier molecular flexibility index (Phi) is 6.12. The van der Waals surface area contributed by atoms with Crippen molar-refractivity contribution < 1.29 is 33.4 Å². The van der Waals surface area contributed by atoms with Crippen molar-refractivity contribution in [1.82, 2.24) is 10.2 Å². The van der Waals surface area contributed by atoms with Crippen LogP contribution in [0.4, 0.5) is 0 Å². The molecule has 36 heavy (non-hydrogen) atoms. The van der Waals surface area contributed by atoms with Gasteiger partial charge in [0.05, 0.1) is 23.2 Å². The maximum Gasteiger partial charge on any atom is 0.338 e. The second-order valence-electron chi connectivity index (χ2n) is 8.40. The summed E-state index contributed by atoms with van der Waals surface area (Å²) in [7, 11) is 0. The van der Waals surface area contributed by atoms with E-state index >= 15 is 0 Å². The zero-order chi connectivity index (χ0) is 25.2. The number of fused-ring (bicyclic) bond motifs is 2. The summed E-state index contributed by atoms with van der Waals surface area (Å²) in [6.07, 6.45) is -1.08. The molecular weight excluding hydrogens is 464 g/mol. The van der Waals surface area contributed by atoms with Gasteiger partial charge in [-0.3, -0.25) is 19.3 Å². The van der Waals surface area contributed by atoms with Crippen molar-refractivity contribution >= 4 is 23.7 Å². The van der Waals surface area contributed by atoms with Crippen LogP contribution in [-0.2, 0) is 22.6 Å². The molecule has 9 nitrogen and oxygen atoms in total. The first-order chi connectivity index (χ1) is 17.4. The second-order valence-corrected chi connectivity index (χ2v) is 8.40. The van der Waals surface area contributed by atoms with Crippen molar-refractivity contribution in [2.75, 3.05) is 6.79 Å². The molecule has 0 aromatic heterocycles. The third-order valence-electron chi connectivity index (χ3n) is 5.95. The molecule has 9 heteroatoms. The highest BCUT2D eigenvalue weighted by Crippen LogP contribution is 2.32. The van der Waals surface area contributed by atoms with E-state index in [0.717, 1.165) is 16.0 Å². The van der Waals surface area contributed by atoms with Crippen molar-refractivity contribution in [3.8, 4) is 11.5 Å². The lowest BCUT2D eigenvalue weighted by Crippen LogP contribution is -2.35. The van der Waals surface area contributed by atoms with Crippen molar-refractivity contribution in [2.24, 2.45) is 0 Å². The van der Waals surface area contributed by atoms with Crippen LogP contribution in [0.25, 0.3) is 0 Å². The minimum Gasteiger partial charge on any atom is -0.454 e. The molecule has 0 saturated heterocycles. The summed E-state index contributed by atoms with van der Waals surface area (Å²) in [5.41, 5.74) is 2.04. The molecule has 1 atom stereocenters. The first-order valence-corrected chi connectivity index (χ1v) is 11.3. The zero-order valence-electron chi connectivity index (χ0n) is 19.4. The van der Waals surface area contributed by atoms with Crippen LogP contribution in [0.5, 0.6) is 11.5 Å². The predicted octanol–water partition coefficient (Wildman–Crippen LogP) is 3.07. The number of nitrogens with zero attached hydrogens (tertiary/aromatic N) is 1. The first kappa shape index (κ1) is 23.1. The Hall–Kier alpha value is -4.66. The topological polar surface area (TPSA) is 111 Å². The summed E-state index contributed by atoms with van der Waals surface area (Å²) in [5.74, 6) is -0.913. The molecule has 2 aliphatic heterocycles. The molecule has 3 aromatic carbocycles. The Bertz CT molecular complexity index is 1370. The van der Waals surface area contributed by atoms with Crippen molar-refractivity contribution in [3.63, 3.8) is 0 Å². The van der Waals surface area contributed by atoms with Gasteiger partial charge in [-0.25, -0.2) is 4.79 Å². The number of hydrogen-bond acceptors (Lipinski definition) is 7. The molecule has 0 unspecified atom stereocenters. The number of carbonyl (C=O) groups is 4. The monoisotopic (exact) mass is 486 g/mol. The summed E-state index contributed by atoms with van der Waals surface area (Å²) < 4.78 is 15.9. The van der Waals surface area contributed by atoms with Crippen LogP contribution in [0.2, 0.25) is 0 Å². The summed E-state index contributed by atoms with van der Waals surface area (Å²) in [6.45, 7) is 1.96. The Morgan fingerprint density at radius 3 is 2.47 bits per heavy atom. The maximum atomic E-state index is 12.9. The van der Waals surface area contributed by atoms with Crippen LogP contribution in [0.15, 0.2) is 66.7 Å². The van der Waals surface area contributed by atoms with E-state index in [-0.39, 0.29) is 36.6 Å². The van der Waals surface area contributed by atoms with E-state index in [1.54, 1.807) is 18.2 Å². The van der Waals surface area contributed by atoms with Crippen LogP contribution in [0.1, 0.15) is 49.1 Å². The summed E-state index contributed by atoms with van der Waals surface area (Å²) in [4.78, 5) is 51.9. The SMILES string of the molecule is C[C@@H](OC(=O)c1ccc2c(c1)C(=O)N(Cc1ccccc1)C2=O)C(=O)NCc1ccc2c(c1)OCO2. The van der Waals surface area contributed by atoms with E-state index in [0.29, 0.717) is 11.5 Å². The lowest BCUT2D eigenvalue weighted by molar-refractivity contribution is -0.129. The second kappa shape index (κ2) is 9.53. The number of carbonyl (C=O) groups excluding carboxylic acids is 4. The molecule has 0 radical (unpaired) electrons. The number of imide groups is 1. The van der Waals surface area contributed by atoms with Gasteiger partial charge in [-0.05, 0) is 48.4 Å². The van der Waals surface area contributed by atoms with Crippen molar-refractivity contribution in [1.29, 1.82) is 0 Å². The minimum atomic E-state index is -1.08. The Morgan fingerprint density at radius 1 is 0.917 bits per heavy atom. The van der Waals surface area contributed by atoms with Crippen LogP contribution in [-0.4, -0.2) is 41.5 Å². The van der Waals surface area contributed by atoms with Crippen LogP contribution in [0.3, 0.4) is 0 Å². The molecule has 0 bridgehead atoms. The van der Waals surface area contributed by atoms with Gasteiger partial charge in [0.2, 0.25) is 6.79 Å². The zero-order valence-corrected chi connectivity index (χ0v) is 19.4. The molecular formula is C27H22N2O7. The molecule has 0 fully saturated rings. The lowest BCUT2D eigenvalue weighted by atomic mass is 10.1. The average Bonchev–Trinajstić information content (AvgIpc) is 3.46. The largest absolute Gasteiger partial charge is 0.454 e. The van der Waals surface area contributed by atoms with Crippen LogP contribution in [0, 0.1) is 0 Å².